The number of aromatic hydroxyl groups is 1. The summed E-state index contributed by atoms with van der Waals surface area (Å²) < 4.78 is 5.69. The Morgan fingerprint density at radius 3 is 2.74 bits per heavy atom. The largest absolute Gasteiger partial charge is 0.508 e. The van der Waals surface area contributed by atoms with Gasteiger partial charge in [0, 0.05) is 18.8 Å². The van der Waals surface area contributed by atoms with E-state index in [-0.39, 0.29) is 30.2 Å². The van der Waals surface area contributed by atoms with Crippen LogP contribution in [-0.4, -0.2) is 56.4 Å². The van der Waals surface area contributed by atoms with Crippen molar-refractivity contribution in [3.05, 3.63) is 76.7 Å². The normalized spacial score (nSPS) is 15.7. The van der Waals surface area contributed by atoms with Crippen molar-refractivity contribution in [2.75, 3.05) is 18.1 Å². The van der Waals surface area contributed by atoms with Gasteiger partial charge in [-0.1, -0.05) is 30.3 Å². The van der Waals surface area contributed by atoms with Crippen molar-refractivity contribution in [1.29, 1.82) is 0 Å². The van der Waals surface area contributed by atoms with E-state index in [4.69, 9.17) is 4.74 Å². The van der Waals surface area contributed by atoms with Crippen LogP contribution in [0.3, 0.4) is 0 Å². The molecule has 1 saturated heterocycles. The number of hydrogen-bond acceptors (Lipinski definition) is 8. The monoisotopic (exact) mass is 546 g/mol. The van der Waals surface area contributed by atoms with Crippen LogP contribution in [0, 0.1) is 13.8 Å². The molecule has 0 radical (unpaired) electrons. The van der Waals surface area contributed by atoms with Gasteiger partial charge >= 0.3 is 0 Å². The molecule has 4 aromatic rings. The van der Waals surface area contributed by atoms with E-state index < -0.39 is 6.04 Å². The molecule has 39 heavy (non-hydrogen) atoms. The Bertz CT molecular complexity index is 1430. The van der Waals surface area contributed by atoms with E-state index >= 15 is 0 Å². The predicted octanol–water partition coefficient (Wildman–Crippen LogP) is 3.79. The zero-order valence-electron chi connectivity index (χ0n) is 21.8. The van der Waals surface area contributed by atoms with Gasteiger partial charge in [-0.15, -0.1) is 21.5 Å². The maximum atomic E-state index is 14.1. The number of carbonyl (C=O) groups is 2. The Morgan fingerprint density at radius 1 is 1.21 bits per heavy atom. The first-order valence-corrected chi connectivity index (χ1v) is 13.7. The average molecular weight is 547 g/mol. The predicted molar refractivity (Wildman–Crippen MR) is 147 cm³/mol. The molecule has 10 nitrogen and oxygen atoms in total. The van der Waals surface area contributed by atoms with Crippen molar-refractivity contribution < 1.29 is 19.4 Å². The lowest BCUT2D eigenvalue weighted by atomic mass is 10.0. The van der Waals surface area contributed by atoms with E-state index in [0.29, 0.717) is 30.2 Å². The van der Waals surface area contributed by atoms with Gasteiger partial charge in [0.2, 0.25) is 11.7 Å². The van der Waals surface area contributed by atoms with Gasteiger partial charge in [-0.3, -0.25) is 14.5 Å². The number of carbonyl (C=O) groups excluding carboxylic acids is 2. The van der Waals surface area contributed by atoms with Crippen molar-refractivity contribution in [3.8, 4) is 16.5 Å². The molecule has 2 N–H and O–H groups in total. The molecule has 1 aliphatic rings. The number of nitrogens with one attached hydrogen (secondary N) is 1. The highest BCUT2D eigenvalue weighted by molar-refractivity contribution is 7.13. The van der Waals surface area contributed by atoms with Crippen molar-refractivity contribution in [3.63, 3.8) is 0 Å². The number of ether oxygens (including phenoxy) is 1. The first kappa shape index (κ1) is 26.5. The third-order valence-electron chi connectivity index (χ3n) is 6.61. The van der Waals surface area contributed by atoms with Crippen molar-refractivity contribution >= 4 is 28.8 Å². The Hall–Kier alpha value is -4.09. The summed E-state index contributed by atoms with van der Waals surface area (Å²) in [5.41, 5.74) is 2.92. The topological polar surface area (TPSA) is 122 Å². The summed E-state index contributed by atoms with van der Waals surface area (Å²) in [4.78, 5) is 31.5. The highest BCUT2D eigenvalue weighted by Gasteiger charge is 2.34. The van der Waals surface area contributed by atoms with Crippen molar-refractivity contribution in [2.45, 2.75) is 45.4 Å². The van der Waals surface area contributed by atoms with Crippen LogP contribution in [0.1, 0.15) is 35.6 Å². The number of benzene rings is 2. The summed E-state index contributed by atoms with van der Waals surface area (Å²) >= 11 is 1.48. The molecule has 0 bridgehead atoms. The van der Waals surface area contributed by atoms with E-state index in [9.17, 15) is 14.7 Å². The number of anilines is 1. The number of phenols is 1. The number of aromatic nitrogens is 4. The Balaban J connectivity index is 1.52. The molecule has 1 fully saturated rings. The quantitative estimate of drug-likeness (QED) is 0.327. The second-order valence-corrected chi connectivity index (χ2v) is 10.5. The molecule has 202 valence electrons. The maximum Gasteiger partial charge on any atom is 0.251 e. The number of nitrogens with zero attached hydrogens (tertiary/aromatic N) is 5. The highest BCUT2D eigenvalue weighted by atomic mass is 32.1. The third-order valence-corrected chi connectivity index (χ3v) is 7.47. The second-order valence-electron chi connectivity index (χ2n) is 9.55. The van der Waals surface area contributed by atoms with Crippen LogP contribution in [0.15, 0.2) is 60.0 Å². The van der Waals surface area contributed by atoms with Crippen LogP contribution in [0.4, 0.5) is 5.69 Å². The first-order valence-electron chi connectivity index (χ1n) is 12.8. The second kappa shape index (κ2) is 11.7. The van der Waals surface area contributed by atoms with Crippen molar-refractivity contribution in [2.24, 2.45) is 0 Å². The SMILES string of the molecule is Cc1ccc(C)c(N(C(=O)Cn2nnc(-c3cccs3)n2)[C@@H](C(=O)NC[C@@H]2CCCO2)c2ccc(O)cc2)c1. The fourth-order valence-corrected chi connectivity index (χ4v) is 5.25. The lowest BCUT2D eigenvalue weighted by Crippen LogP contribution is -2.47. The molecule has 5 rings (SSSR count). The van der Waals surface area contributed by atoms with Gasteiger partial charge in [0.25, 0.3) is 5.91 Å². The molecule has 0 saturated carbocycles. The van der Waals surface area contributed by atoms with Crippen LogP contribution in [0.5, 0.6) is 5.75 Å². The summed E-state index contributed by atoms with van der Waals surface area (Å²) in [6.45, 7) is 4.63. The number of amides is 2. The molecule has 1 aliphatic heterocycles. The number of hydrogen-bond donors (Lipinski definition) is 2. The van der Waals surface area contributed by atoms with Gasteiger partial charge in [-0.2, -0.15) is 4.80 Å². The van der Waals surface area contributed by atoms with E-state index in [1.54, 1.807) is 12.1 Å². The molecule has 0 unspecified atom stereocenters. The highest BCUT2D eigenvalue weighted by Crippen LogP contribution is 2.32. The molecule has 0 aliphatic carbocycles. The average Bonchev–Trinajstić information content (AvgIpc) is 3.71. The van der Waals surface area contributed by atoms with Gasteiger partial charge in [-0.05, 0) is 78.2 Å². The molecule has 11 heteroatoms. The minimum atomic E-state index is -1.01. The number of phenolic OH excluding ortho intramolecular Hbond substituents is 1. The number of rotatable bonds is 9. The van der Waals surface area contributed by atoms with Gasteiger partial charge in [0.15, 0.2) is 0 Å². The van der Waals surface area contributed by atoms with E-state index in [2.05, 4.69) is 20.7 Å². The smallest absolute Gasteiger partial charge is 0.251 e. The summed E-state index contributed by atoms with van der Waals surface area (Å²) in [5.74, 6) is -0.240. The molecule has 2 aromatic heterocycles. The molecule has 2 atom stereocenters. The van der Waals surface area contributed by atoms with Crippen LogP contribution < -0.4 is 10.2 Å². The van der Waals surface area contributed by atoms with Gasteiger partial charge in [0.05, 0.1) is 11.0 Å². The van der Waals surface area contributed by atoms with E-state index in [0.717, 1.165) is 28.8 Å². The zero-order chi connectivity index (χ0) is 27.4. The standard InChI is InChI=1S/C28H30N6O4S/c1-18-7-8-19(2)23(15-18)34(25(36)17-33-31-27(30-32-33)24-6-4-14-39-24)26(20-9-11-21(35)12-10-20)28(37)29-16-22-5-3-13-38-22/h4,6-12,14-15,22,26,35H,3,5,13,16-17H2,1-2H3,(H,29,37)/t22-,26+/m0/s1. The minimum Gasteiger partial charge on any atom is -0.508 e. The zero-order valence-corrected chi connectivity index (χ0v) is 22.6. The maximum absolute atomic E-state index is 14.1. The lowest BCUT2D eigenvalue weighted by molar-refractivity contribution is -0.127. The lowest BCUT2D eigenvalue weighted by Gasteiger charge is -2.33. The number of thiophene rings is 1. The number of aryl methyl sites for hydroxylation is 2. The van der Waals surface area contributed by atoms with Gasteiger partial charge < -0.3 is 15.2 Å². The van der Waals surface area contributed by atoms with Crippen LogP contribution in [0.2, 0.25) is 0 Å². The number of tetrazole rings is 1. The molecule has 3 heterocycles. The Labute approximate surface area is 230 Å². The van der Waals surface area contributed by atoms with Crippen molar-refractivity contribution in [1.82, 2.24) is 25.5 Å². The Morgan fingerprint density at radius 2 is 2.03 bits per heavy atom. The third kappa shape index (κ3) is 6.15. The van der Waals surface area contributed by atoms with Crippen LogP contribution in [0.25, 0.3) is 10.7 Å². The van der Waals surface area contributed by atoms with E-state index in [1.165, 1.54) is 33.2 Å². The Kier molecular flexibility index (Phi) is 7.99. The molecule has 0 spiro atoms. The van der Waals surface area contributed by atoms with Crippen LogP contribution >= 0.6 is 11.3 Å². The molecule has 2 amide bonds. The molecular formula is C28H30N6O4S. The minimum absolute atomic E-state index is 0.0608. The first-order chi connectivity index (χ1) is 18.9. The van der Waals surface area contributed by atoms with Crippen LogP contribution in [-0.2, 0) is 20.9 Å². The van der Waals surface area contributed by atoms with Gasteiger partial charge in [-0.25, -0.2) is 0 Å². The van der Waals surface area contributed by atoms with E-state index in [1.807, 2.05) is 49.6 Å². The summed E-state index contributed by atoms with van der Waals surface area (Å²) in [6.07, 6.45) is 1.76. The van der Waals surface area contributed by atoms with Gasteiger partial charge in [0.1, 0.15) is 18.3 Å². The summed E-state index contributed by atoms with van der Waals surface area (Å²) in [7, 11) is 0. The molecular weight excluding hydrogens is 516 g/mol. The molecule has 2 aromatic carbocycles. The fourth-order valence-electron chi connectivity index (χ4n) is 4.60. The summed E-state index contributed by atoms with van der Waals surface area (Å²) in [5, 5.41) is 27.4. The summed E-state index contributed by atoms with van der Waals surface area (Å²) in [6, 6.07) is 14.9. The fraction of sp³-hybridized carbons (Fsp3) is 0.321.